The highest BCUT2D eigenvalue weighted by atomic mass is 35.5. The minimum atomic E-state index is 0.617. The Labute approximate surface area is 96.2 Å². The van der Waals surface area contributed by atoms with Gasteiger partial charge >= 0.3 is 0 Å². The molecule has 0 unspecified atom stereocenters. The Morgan fingerprint density at radius 2 is 2.27 bits per heavy atom. The number of hydrogen-bond acceptors (Lipinski definition) is 2. The van der Waals surface area contributed by atoms with Gasteiger partial charge in [-0.15, -0.1) is 0 Å². The first kappa shape index (κ1) is 10.9. The molecule has 0 radical (unpaired) electrons. The Kier molecular flexibility index (Phi) is 3.62. The Bertz CT molecular complexity index is 327. The van der Waals surface area contributed by atoms with E-state index in [1.165, 1.54) is 18.5 Å². The summed E-state index contributed by atoms with van der Waals surface area (Å²) in [5, 5.41) is 4.40. The van der Waals surface area contributed by atoms with E-state index in [1.807, 2.05) is 18.2 Å². The number of likely N-dealkylation sites (tertiary alicyclic amines) is 1. The zero-order chi connectivity index (χ0) is 10.7. The fraction of sp³-hybridized carbons (Fsp3) is 0.500. The van der Waals surface area contributed by atoms with Crippen molar-refractivity contribution in [3.05, 3.63) is 34.9 Å². The predicted molar refractivity (Wildman–Crippen MR) is 64.2 cm³/mol. The van der Waals surface area contributed by atoms with Gasteiger partial charge < -0.3 is 10.2 Å². The van der Waals surface area contributed by atoms with E-state index in [9.17, 15) is 0 Å². The number of rotatable bonds is 3. The van der Waals surface area contributed by atoms with Crippen LogP contribution in [-0.2, 0) is 6.54 Å². The second-order valence-corrected chi connectivity index (χ2v) is 4.63. The van der Waals surface area contributed by atoms with Crippen LogP contribution in [0.2, 0.25) is 5.02 Å². The third-order valence-electron chi connectivity index (χ3n) is 2.93. The zero-order valence-electron chi connectivity index (χ0n) is 9.04. The Hall–Kier alpha value is -0.570. The highest BCUT2D eigenvalue weighted by Crippen LogP contribution is 2.15. The molecule has 0 aliphatic carbocycles. The fourth-order valence-corrected chi connectivity index (χ4v) is 2.20. The van der Waals surface area contributed by atoms with Crippen molar-refractivity contribution >= 4 is 11.6 Å². The third-order valence-corrected chi connectivity index (χ3v) is 3.30. The molecule has 1 aliphatic rings. The quantitative estimate of drug-likeness (QED) is 0.847. The summed E-state index contributed by atoms with van der Waals surface area (Å²) in [7, 11) is 2.16. The molecular formula is C12H17ClN2. The molecule has 1 atom stereocenters. The van der Waals surface area contributed by atoms with E-state index in [4.69, 9.17) is 11.6 Å². The molecule has 3 heteroatoms. The van der Waals surface area contributed by atoms with Crippen LogP contribution in [0.1, 0.15) is 12.0 Å². The third kappa shape index (κ3) is 2.94. The van der Waals surface area contributed by atoms with Crippen molar-refractivity contribution in [1.29, 1.82) is 0 Å². The van der Waals surface area contributed by atoms with Gasteiger partial charge in [-0.2, -0.15) is 0 Å². The molecule has 0 bridgehead atoms. The van der Waals surface area contributed by atoms with Crippen LogP contribution in [0.15, 0.2) is 24.3 Å². The summed E-state index contributed by atoms with van der Waals surface area (Å²) >= 11 is 6.09. The van der Waals surface area contributed by atoms with E-state index < -0.39 is 0 Å². The van der Waals surface area contributed by atoms with Crippen molar-refractivity contribution in [1.82, 2.24) is 10.2 Å². The number of hydrogen-bond donors (Lipinski definition) is 1. The topological polar surface area (TPSA) is 15.3 Å². The molecule has 0 amide bonds. The molecule has 2 nitrogen and oxygen atoms in total. The second kappa shape index (κ2) is 4.97. The van der Waals surface area contributed by atoms with Crippen LogP contribution in [0.4, 0.5) is 0 Å². The smallest absolute Gasteiger partial charge is 0.0450 e. The van der Waals surface area contributed by atoms with Gasteiger partial charge in [-0.25, -0.2) is 0 Å². The van der Waals surface area contributed by atoms with Gasteiger partial charge in [0.05, 0.1) is 0 Å². The molecule has 15 heavy (non-hydrogen) atoms. The van der Waals surface area contributed by atoms with Crippen molar-refractivity contribution in [2.45, 2.75) is 19.0 Å². The highest BCUT2D eigenvalue weighted by Gasteiger charge is 2.18. The Morgan fingerprint density at radius 3 is 2.93 bits per heavy atom. The highest BCUT2D eigenvalue weighted by molar-refractivity contribution is 6.31. The van der Waals surface area contributed by atoms with Crippen LogP contribution in [0.5, 0.6) is 0 Å². The van der Waals surface area contributed by atoms with Crippen LogP contribution < -0.4 is 5.32 Å². The molecule has 82 valence electrons. The minimum Gasteiger partial charge on any atom is -0.309 e. The maximum atomic E-state index is 6.09. The van der Waals surface area contributed by atoms with Crippen molar-refractivity contribution in [3.63, 3.8) is 0 Å². The summed E-state index contributed by atoms with van der Waals surface area (Å²) in [6.45, 7) is 3.21. The lowest BCUT2D eigenvalue weighted by Crippen LogP contribution is -2.30. The zero-order valence-corrected chi connectivity index (χ0v) is 9.80. The molecule has 1 aliphatic heterocycles. The van der Waals surface area contributed by atoms with Crippen LogP contribution in [0.25, 0.3) is 0 Å². The second-order valence-electron chi connectivity index (χ2n) is 4.22. The average Bonchev–Trinajstić information content (AvgIpc) is 2.63. The van der Waals surface area contributed by atoms with Crippen molar-refractivity contribution in [2.24, 2.45) is 0 Å². The lowest BCUT2D eigenvalue weighted by atomic mass is 10.2. The van der Waals surface area contributed by atoms with Crippen molar-refractivity contribution in [2.75, 3.05) is 20.1 Å². The number of nitrogens with one attached hydrogen (secondary N) is 1. The van der Waals surface area contributed by atoms with Gasteiger partial charge in [-0.1, -0.05) is 29.8 Å². The van der Waals surface area contributed by atoms with E-state index in [1.54, 1.807) is 0 Å². The van der Waals surface area contributed by atoms with Gasteiger partial charge in [-0.3, -0.25) is 0 Å². The molecule has 1 aromatic carbocycles. The molecule has 0 saturated carbocycles. The van der Waals surface area contributed by atoms with Crippen molar-refractivity contribution in [3.8, 4) is 0 Å². The van der Waals surface area contributed by atoms with Crippen LogP contribution in [0, 0.1) is 0 Å². The molecule has 1 saturated heterocycles. The van der Waals surface area contributed by atoms with Gasteiger partial charge in [0.15, 0.2) is 0 Å². The lowest BCUT2D eigenvalue weighted by Gasteiger charge is -2.13. The molecule has 0 aromatic heterocycles. The fourth-order valence-electron chi connectivity index (χ4n) is 2.00. The molecule has 1 N–H and O–H groups in total. The standard InChI is InChI=1S/C12H17ClN2/c1-15-7-6-11(9-15)14-8-10-4-2-3-5-12(10)13/h2-5,11,14H,6-9H2,1H3/t11-/m1/s1. The first-order valence-corrected chi connectivity index (χ1v) is 5.79. The summed E-state index contributed by atoms with van der Waals surface area (Å²) in [6, 6.07) is 8.64. The number of benzene rings is 1. The molecule has 1 aromatic rings. The van der Waals surface area contributed by atoms with E-state index >= 15 is 0 Å². The monoisotopic (exact) mass is 224 g/mol. The summed E-state index contributed by atoms with van der Waals surface area (Å²) in [5.41, 5.74) is 1.19. The van der Waals surface area contributed by atoms with Gasteiger partial charge in [0, 0.05) is 24.2 Å². The minimum absolute atomic E-state index is 0.617. The van der Waals surface area contributed by atoms with Crippen LogP contribution in [0.3, 0.4) is 0 Å². The first-order chi connectivity index (χ1) is 7.25. The van der Waals surface area contributed by atoms with Gasteiger partial charge in [0.2, 0.25) is 0 Å². The number of likely N-dealkylation sites (N-methyl/N-ethyl adjacent to an activating group) is 1. The maximum absolute atomic E-state index is 6.09. The van der Waals surface area contributed by atoms with E-state index in [0.717, 1.165) is 18.1 Å². The maximum Gasteiger partial charge on any atom is 0.0450 e. The van der Waals surface area contributed by atoms with Crippen LogP contribution >= 0.6 is 11.6 Å². The van der Waals surface area contributed by atoms with Crippen LogP contribution in [-0.4, -0.2) is 31.1 Å². The van der Waals surface area contributed by atoms with E-state index in [-0.39, 0.29) is 0 Å². The summed E-state index contributed by atoms with van der Waals surface area (Å²) in [4.78, 5) is 2.35. The average molecular weight is 225 g/mol. The SMILES string of the molecule is CN1CC[C@@H](NCc2ccccc2Cl)C1. The molecule has 1 heterocycles. The first-order valence-electron chi connectivity index (χ1n) is 5.41. The molecule has 2 rings (SSSR count). The van der Waals surface area contributed by atoms with E-state index in [0.29, 0.717) is 6.04 Å². The summed E-state index contributed by atoms with van der Waals surface area (Å²) in [5.74, 6) is 0. The Morgan fingerprint density at radius 1 is 1.47 bits per heavy atom. The molecular weight excluding hydrogens is 208 g/mol. The lowest BCUT2D eigenvalue weighted by molar-refractivity contribution is 0.397. The largest absolute Gasteiger partial charge is 0.309 e. The molecule has 1 fully saturated rings. The predicted octanol–water partition coefficient (Wildman–Crippen LogP) is 2.13. The number of nitrogens with zero attached hydrogens (tertiary/aromatic N) is 1. The normalized spacial score (nSPS) is 22.1. The summed E-state index contributed by atoms with van der Waals surface area (Å²) in [6.07, 6.45) is 1.24. The van der Waals surface area contributed by atoms with Gasteiger partial charge in [0.25, 0.3) is 0 Å². The van der Waals surface area contributed by atoms with Gasteiger partial charge in [-0.05, 0) is 31.6 Å². The summed E-state index contributed by atoms with van der Waals surface area (Å²) < 4.78 is 0. The van der Waals surface area contributed by atoms with Gasteiger partial charge in [0.1, 0.15) is 0 Å². The van der Waals surface area contributed by atoms with E-state index in [2.05, 4.69) is 23.3 Å². The van der Waals surface area contributed by atoms with Crippen molar-refractivity contribution < 1.29 is 0 Å². The molecule has 0 spiro atoms. The number of halogens is 1. The Balaban J connectivity index is 1.86.